The van der Waals surface area contributed by atoms with Gasteiger partial charge in [0.05, 0.1) is 25.4 Å². The van der Waals surface area contributed by atoms with E-state index in [1.54, 1.807) is 0 Å². The maximum Gasteiger partial charge on any atom is 0.0792 e. The topological polar surface area (TPSA) is 30.5 Å². The molecule has 1 aliphatic rings. The Morgan fingerprint density at radius 3 is 2.62 bits per heavy atom. The molecule has 21 heavy (non-hydrogen) atoms. The van der Waals surface area contributed by atoms with Gasteiger partial charge in [0.2, 0.25) is 0 Å². The summed E-state index contributed by atoms with van der Waals surface area (Å²) in [4.78, 5) is 0. The van der Waals surface area contributed by atoms with Crippen molar-refractivity contribution in [1.29, 1.82) is 0 Å². The zero-order valence-corrected chi connectivity index (χ0v) is 13.5. The van der Waals surface area contributed by atoms with Crippen molar-refractivity contribution in [2.75, 3.05) is 26.4 Å². The second kappa shape index (κ2) is 8.52. The average molecular weight is 291 g/mol. The minimum atomic E-state index is 0.188. The number of benzene rings is 1. The Morgan fingerprint density at radius 1 is 1.29 bits per heavy atom. The number of hydrogen-bond acceptors (Lipinski definition) is 3. The van der Waals surface area contributed by atoms with Gasteiger partial charge in [-0.05, 0) is 24.4 Å². The molecule has 1 heterocycles. The lowest BCUT2D eigenvalue weighted by atomic mass is 9.93. The Morgan fingerprint density at radius 2 is 2.05 bits per heavy atom. The smallest absolute Gasteiger partial charge is 0.0792 e. The number of likely N-dealkylation sites (N-methyl/N-ethyl adjacent to an activating group) is 1. The van der Waals surface area contributed by atoms with Crippen molar-refractivity contribution in [3.05, 3.63) is 35.9 Å². The second-order valence-corrected chi connectivity index (χ2v) is 6.22. The molecule has 0 amide bonds. The Labute approximate surface area is 129 Å². The van der Waals surface area contributed by atoms with Crippen molar-refractivity contribution in [2.24, 2.45) is 11.8 Å². The number of hydrogen-bond donors (Lipinski definition) is 1. The maximum atomic E-state index is 6.31. The van der Waals surface area contributed by atoms with Crippen molar-refractivity contribution in [2.45, 2.75) is 39.3 Å². The SMILES string of the molecule is CCNC(c1ccccc1)C(OCC1CCOC1)C(C)C. The van der Waals surface area contributed by atoms with Crippen LogP contribution in [0.3, 0.4) is 0 Å². The molecule has 3 atom stereocenters. The lowest BCUT2D eigenvalue weighted by Crippen LogP contribution is -2.38. The van der Waals surface area contributed by atoms with E-state index in [-0.39, 0.29) is 12.1 Å². The van der Waals surface area contributed by atoms with E-state index in [0.29, 0.717) is 11.8 Å². The van der Waals surface area contributed by atoms with Gasteiger partial charge in [0.25, 0.3) is 0 Å². The highest BCUT2D eigenvalue weighted by Gasteiger charge is 2.27. The molecular formula is C18H29NO2. The summed E-state index contributed by atoms with van der Waals surface area (Å²) < 4.78 is 11.8. The van der Waals surface area contributed by atoms with E-state index in [0.717, 1.165) is 32.8 Å². The Bertz CT molecular complexity index is 387. The molecule has 1 fully saturated rings. The van der Waals surface area contributed by atoms with Crippen LogP contribution in [-0.2, 0) is 9.47 Å². The lowest BCUT2D eigenvalue weighted by Gasteiger charge is -2.32. The van der Waals surface area contributed by atoms with Crippen LogP contribution < -0.4 is 5.32 Å². The molecule has 3 heteroatoms. The molecule has 118 valence electrons. The largest absolute Gasteiger partial charge is 0.381 e. The molecule has 1 N–H and O–H groups in total. The summed E-state index contributed by atoms with van der Waals surface area (Å²) >= 11 is 0. The maximum absolute atomic E-state index is 6.31. The van der Waals surface area contributed by atoms with E-state index in [4.69, 9.17) is 9.47 Å². The first-order valence-corrected chi connectivity index (χ1v) is 8.20. The molecule has 1 aliphatic heterocycles. The third-order valence-corrected chi connectivity index (χ3v) is 4.12. The fourth-order valence-corrected chi connectivity index (χ4v) is 2.94. The quantitative estimate of drug-likeness (QED) is 0.796. The number of rotatable bonds is 8. The van der Waals surface area contributed by atoms with Crippen LogP contribution in [0.25, 0.3) is 0 Å². The van der Waals surface area contributed by atoms with E-state index >= 15 is 0 Å². The van der Waals surface area contributed by atoms with Gasteiger partial charge in [0.15, 0.2) is 0 Å². The van der Waals surface area contributed by atoms with Crippen molar-refractivity contribution in [3.63, 3.8) is 0 Å². The van der Waals surface area contributed by atoms with Crippen molar-refractivity contribution < 1.29 is 9.47 Å². The first-order valence-electron chi connectivity index (χ1n) is 8.20. The molecule has 0 spiro atoms. The fraction of sp³-hybridized carbons (Fsp3) is 0.667. The van der Waals surface area contributed by atoms with E-state index < -0.39 is 0 Å². The van der Waals surface area contributed by atoms with Crippen molar-refractivity contribution in [1.82, 2.24) is 5.32 Å². The fourth-order valence-electron chi connectivity index (χ4n) is 2.94. The predicted molar refractivity (Wildman–Crippen MR) is 86.4 cm³/mol. The van der Waals surface area contributed by atoms with Crippen molar-refractivity contribution >= 4 is 0 Å². The highest BCUT2D eigenvalue weighted by atomic mass is 16.5. The normalized spacial score (nSPS) is 21.6. The molecule has 0 radical (unpaired) electrons. The van der Waals surface area contributed by atoms with Gasteiger partial charge in [-0.15, -0.1) is 0 Å². The van der Waals surface area contributed by atoms with Gasteiger partial charge in [-0.3, -0.25) is 0 Å². The van der Waals surface area contributed by atoms with Crippen LogP contribution in [0.4, 0.5) is 0 Å². The highest BCUT2D eigenvalue weighted by molar-refractivity contribution is 5.20. The zero-order chi connectivity index (χ0) is 15.1. The van der Waals surface area contributed by atoms with E-state index in [1.165, 1.54) is 5.56 Å². The van der Waals surface area contributed by atoms with Gasteiger partial charge in [-0.2, -0.15) is 0 Å². The van der Waals surface area contributed by atoms with E-state index in [9.17, 15) is 0 Å². The predicted octanol–water partition coefficient (Wildman–Crippen LogP) is 3.41. The van der Waals surface area contributed by atoms with Crippen LogP contribution in [0.5, 0.6) is 0 Å². The number of nitrogens with one attached hydrogen (secondary N) is 1. The van der Waals surface area contributed by atoms with Gasteiger partial charge in [-0.1, -0.05) is 51.1 Å². The minimum Gasteiger partial charge on any atom is -0.381 e. The van der Waals surface area contributed by atoms with Crippen LogP contribution in [0.2, 0.25) is 0 Å². The molecule has 1 aromatic carbocycles. The summed E-state index contributed by atoms with van der Waals surface area (Å²) in [6, 6.07) is 10.9. The van der Waals surface area contributed by atoms with Gasteiger partial charge < -0.3 is 14.8 Å². The Kier molecular flexibility index (Phi) is 6.68. The van der Waals surface area contributed by atoms with Gasteiger partial charge >= 0.3 is 0 Å². The highest BCUT2D eigenvalue weighted by Crippen LogP contribution is 2.26. The summed E-state index contributed by atoms with van der Waals surface area (Å²) in [5.74, 6) is 1.03. The molecule has 2 rings (SSSR count). The van der Waals surface area contributed by atoms with E-state index in [1.807, 2.05) is 0 Å². The Balaban J connectivity index is 2.04. The van der Waals surface area contributed by atoms with E-state index in [2.05, 4.69) is 56.4 Å². The van der Waals surface area contributed by atoms with Crippen molar-refractivity contribution in [3.8, 4) is 0 Å². The zero-order valence-electron chi connectivity index (χ0n) is 13.5. The molecule has 1 aromatic rings. The molecule has 1 saturated heterocycles. The van der Waals surface area contributed by atoms with Crippen LogP contribution in [-0.4, -0.2) is 32.5 Å². The minimum absolute atomic E-state index is 0.188. The molecule has 0 saturated carbocycles. The Hall–Kier alpha value is -0.900. The van der Waals surface area contributed by atoms with Crippen LogP contribution in [0, 0.1) is 11.8 Å². The molecule has 0 aromatic heterocycles. The van der Waals surface area contributed by atoms with Gasteiger partial charge in [0, 0.05) is 12.5 Å². The second-order valence-electron chi connectivity index (χ2n) is 6.22. The molecule has 0 aliphatic carbocycles. The monoisotopic (exact) mass is 291 g/mol. The van der Waals surface area contributed by atoms with Crippen LogP contribution in [0.1, 0.15) is 38.8 Å². The summed E-state index contributed by atoms with van der Waals surface area (Å²) in [7, 11) is 0. The standard InChI is InChI=1S/C18H29NO2/c1-4-19-17(16-8-6-5-7-9-16)18(14(2)3)21-13-15-10-11-20-12-15/h5-9,14-15,17-19H,4,10-13H2,1-3H3. The summed E-state index contributed by atoms with van der Waals surface area (Å²) in [6.07, 6.45) is 1.31. The summed E-state index contributed by atoms with van der Waals surface area (Å²) in [5.41, 5.74) is 1.31. The summed E-state index contributed by atoms with van der Waals surface area (Å²) in [5, 5.41) is 3.60. The molecular weight excluding hydrogens is 262 g/mol. The first kappa shape index (κ1) is 16.5. The van der Waals surface area contributed by atoms with Crippen LogP contribution in [0.15, 0.2) is 30.3 Å². The van der Waals surface area contributed by atoms with Gasteiger partial charge in [-0.25, -0.2) is 0 Å². The summed E-state index contributed by atoms with van der Waals surface area (Å²) in [6.45, 7) is 10.1. The third-order valence-electron chi connectivity index (χ3n) is 4.12. The first-order chi connectivity index (χ1) is 10.2. The molecule has 3 nitrogen and oxygen atoms in total. The molecule has 3 unspecified atom stereocenters. The molecule has 0 bridgehead atoms. The third kappa shape index (κ3) is 4.80. The van der Waals surface area contributed by atoms with Crippen LogP contribution >= 0.6 is 0 Å². The number of ether oxygens (including phenoxy) is 2. The lowest BCUT2D eigenvalue weighted by molar-refractivity contribution is -0.0222. The van der Waals surface area contributed by atoms with Gasteiger partial charge in [0.1, 0.15) is 0 Å². The average Bonchev–Trinajstić information content (AvgIpc) is 3.00.